The zero-order chi connectivity index (χ0) is 14.9. The number of hydrogen-bond acceptors (Lipinski definition) is 2. The molecule has 2 heteroatoms. The molecule has 0 radical (unpaired) electrons. The van der Waals surface area contributed by atoms with Crippen LogP contribution in [-0.4, -0.2) is 29.1 Å². The summed E-state index contributed by atoms with van der Waals surface area (Å²) in [6.07, 6.45) is 6.92. The minimum Gasteiger partial charge on any atom is -0.308 e. The molecule has 116 valence electrons. The first-order valence-electron chi connectivity index (χ1n) is 8.55. The number of hydrogen-bond donors (Lipinski definition) is 1. The molecule has 2 nitrogen and oxygen atoms in total. The van der Waals surface area contributed by atoms with Crippen molar-refractivity contribution in [1.29, 1.82) is 0 Å². The molecule has 0 atom stereocenters. The Balaban J connectivity index is 1.79. The fourth-order valence-corrected chi connectivity index (χ4v) is 3.98. The zero-order valence-electron chi connectivity index (χ0n) is 13.9. The Hall–Kier alpha value is -0.860. The first kappa shape index (κ1) is 15.1. The van der Waals surface area contributed by atoms with E-state index in [2.05, 4.69) is 55.3 Å². The molecule has 1 N–H and O–H groups in total. The average molecular weight is 286 g/mol. The number of rotatable bonds is 2. The lowest BCUT2D eigenvalue weighted by Crippen LogP contribution is -2.68. The van der Waals surface area contributed by atoms with Crippen molar-refractivity contribution in [3.63, 3.8) is 0 Å². The summed E-state index contributed by atoms with van der Waals surface area (Å²) >= 11 is 0. The zero-order valence-corrected chi connectivity index (χ0v) is 13.9. The van der Waals surface area contributed by atoms with E-state index in [1.165, 1.54) is 49.8 Å². The highest BCUT2D eigenvalue weighted by atomic mass is 15.3. The summed E-state index contributed by atoms with van der Waals surface area (Å²) in [6.45, 7) is 10.4. The Morgan fingerprint density at radius 1 is 1.10 bits per heavy atom. The standard InChI is InChI=1S/C19H30N2/c1-16-9-5-6-10-17(16)13-21-15-19(11-7-4-8-12-19)20-14-18(21,2)3/h5-6,9-10,20H,4,7-8,11-15H2,1-3H3. The van der Waals surface area contributed by atoms with Crippen LogP contribution in [0.4, 0.5) is 0 Å². The van der Waals surface area contributed by atoms with Crippen molar-refractivity contribution in [3.8, 4) is 0 Å². The predicted octanol–water partition coefficient (Wildman–Crippen LogP) is 3.88. The quantitative estimate of drug-likeness (QED) is 0.887. The van der Waals surface area contributed by atoms with Gasteiger partial charge in [-0.25, -0.2) is 0 Å². The maximum absolute atomic E-state index is 3.91. The van der Waals surface area contributed by atoms with E-state index in [0.717, 1.165) is 13.1 Å². The van der Waals surface area contributed by atoms with Gasteiger partial charge in [0.2, 0.25) is 0 Å². The molecule has 21 heavy (non-hydrogen) atoms. The molecular formula is C19H30N2. The third-order valence-corrected chi connectivity index (χ3v) is 5.68. The van der Waals surface area contributed by atoms with Crippen LogP contribution in [0.2, 0.25) is 0 Å². The number of benzene rings is 1. The van der Waals surface area contributed by atoms with Gasteiger partial charge < -0.3 is 5.32 Å². The van der Waals surface area contributed by atoms with Crippen LogP contribution in [0, 0.1) is 6.92 Å². The van der Waals surface area contributed by atoms with Crippen LogP contribution in [0.3, 0.4) is 0 Å². The number of piperazine rings is 1. The second-order valence-electron chi connectivity index (χ2n) is 7.79. The minimum atomic E-state index is 0.241. The van der Waals surface area contributed by atoms with Crippen LogP contribution in [-0.2, 0) is 6.54 Å². The van der Waals surface area contributed by atoms with Crippen molar-refractivity contribution in [1.82, 2.24) is 10.2 Å². The maximum Gasteiger partial charge on any atom is 0.0309 e. The molecule has 0 bridgehead atoms. The van der Waals surface area contributed by atoms with Gasteiger partial charge in [-0.05, 0) is 44.7 Å². The summed E-state index contributed by atoms with van der Waals surface area (Å²) in [4.78, 5) is 2.72. The monoisotopic (exact) mass is 286 g/mol. The molecule has 1 aromatic carbocycles. The van der Waals surface area contributed by atoms with Crippen LogP contribution in [0.5, 0.6) is 0 Å². The molecule has 0 unspecified atom stereocenters. The van der Waals surface area contributed by atoms with Crippen LogP contribution in [0.1, 0.15) is 57.1 Å². The number of nitrogens with one attached hydrogen (secondary N) is 1. The average Bonchev–Trinajstić information content (AvgIpc) is 2.47. The van der Waals surface area contributed by atoms with Gasteiger partial charge in [0.15, 0.2) is 0 Å². The smallest absolute Gasteiger partial charge is 0.0309 e. The minimum absolute atomic E-state index is 0.241. The van der Waals surface area contributed by atoms with Crippen molar-refractivity contribution >= 4 is 0 Å². The molecule has 1 saturated carbocycles. The highest BCUT2D eigenvalue weighted by molar-refractivity contribution is 5.26. The van der Waals surface area contributed by atoms with Gasteiger partial charge in [0.05, 0.1) is 0 Å². The summed E-state index contributed by atoms with van der Waals surface area (Å²) in [5, 5.41) is 3.91. The molecule has 0 aromatic heterocycles. The van der Waals surface area contributed by atoms with E-state index in [1.807, 2.05) is 0 Å². The van der Waals surface area contributed by atoms with Crippen molar-refractivity contribution in [3.05, 3.63) is 35.4 Å². The van der Waals surface area contributed by atoms with Gasteiger partial charge >= 0.3 is 0 Å². The van der Waals surface area contributed by atoms with E-state index >= 15 is 0 Å². The van der Waals surface area contributed by atoms with Gasteiger partial charge in [-0.3, -0.25) is 4.90 Å². The second-order valence-corrected chi connectivity index (χ2v) is 7.79. The van der Waals surface area contributed by atoms with E-state index in [9.17, 15) is 0 Å². The van der Waals surface area contributed by atoms with Crippen molar-refractivity contribution in [2.45, 2.75) is 70.5 Å². The van der Waals surface area contributed by atoms with Crippen LogP contribution in [0.25, 0.3) is 0 Å². The van der Waals surface area contributed by atoms with Crippen LogP contribution in [0.15, 0.2) is 24.3 Å². The lowest BCUT2D eigenvalue weighted by atomic mass is 9.77. The summed E-state index contributed by atoms with van der Waals surface area (Å²) in [6, 6.07) is 8.85. The third kappa shape index (κ3) is 3.17. The normalized spacial score (nSPS) is 25.1. The second kappa shape index (κ2) is 5.73. The van der Waals surface area contributed by atoms with Gasteiger partial charge in [0, 0.05) is 30.7 Å². The van der Waals surface area contributed by atoms with Crippen molar-refractivity contribution < 1.29 is 0 Å². The van der Waals surface area contributed by atoms with Gasteiger partial charge in [-0.1, -0.05) is 43.5 Å². The lowest BCUT2D eigenvalue weighted by molar-refractivity contribution is 0.00474. The van der Waals surface area contributed by atoms with Crippen LogP contribution < -0.4 is 5.32 Å². The summed E-state index contributed by atoms with van der Waals surface area (Å²) in [5.74, 6) is 0. The predicted molar refractivity (Wildman–Crippen MR) is 89.5 cm³/mol. The first-order chi connectivity index (χ1) is 10.0. The lowest BCUT2D eigenvalue weighted by Gasteiger charge is -2.53. The largest absolute Gasteiger partial charge is 0.308 e. The molecule has 1 aliphatic heterocycles. The molecule has 1 aromatic rings. The SMILES string of the molecule is Cc1ccccc1CN1CC2(CCCCC2)NCC1(C)C. The number of aryl methyl sites for hydroxylation is 1. The Morgan fingerprint density at radius 2 is 1.81 bits per heavy atom. The highest BCUT2D eigenvalue weighted by Gasteiger charge is 2.43. The molecule has 1 spiro atoms. The fraction of sp³-hybridized carbons (Fsp3) is 0.684. The Kier molecular flexibility index (Phi) is 4.11. The summed E-state index contributed by atoms with van der Waals surface area (Å²) < 4.78 is 0. The van der Waals surface area contributed by atoms with Crippen molar-refractivity contribution in [2.24, 2.45) is 0 Å². The fourth-order valence-electron chi connectivity index (χ4n) is 3.98. The summed E-state index contributed by atoms with van der Waals surface area (Å²) in [7, 11) is 0. The molecule has 0 amide bonds. The highest BCUT2D eigenvalue weighted by Crippen LogP contribution is 2.35. The summed E-state index contributed by atoms with van der Waals surface area (Å²) in [5.41, 5.74) is 3.53. The Morgan fingerprint density at radius 3 is 2.52 bits per heavy atom. The van der Waals surface area contributed by atoms with E-state index in [1.54, 1.807) is 0 Å². The topological polar surface area (TPSA) is 15.3 Å². The Labute approximate surface area is 129 Å². The van der Waals surface area contributed by atoms with E-state index in [4.69, 9.17) is 0 Å². The van der Waals surface area contributed by atoms with Crippen LogP contribution >= 0.6 is 0 Å². The molecule has 1 aliphatic carbocycles. The molecule has 3 rings (SSSR count). The Bertz CT molecular complexity index is 486. The van der Waals surface area contributed by atoms with E-state index < -0.39 is 0 Å². The molecule has 1 saturated heterocycles. The third-order valence-electron chi connectivity index (χ3n) is 5.68. The maximum atomic E-state index is 3.91. The molecular weight excluding hydrogens is 256 g/mol. The van der Waals surface area contributed by atoms with Crippen molar-refractivity contribution in [2.75, 3.05) is 13.1 Å². The van der Waals surface area contributed by atoms with Gasteiger partial charge in [-0.2, -0.15) is 0 Å². The van der Waals surface area contributed by atoms with E-state index in [-0.39, 0.29) is 5.54 Å². The molecule has 2 fully saturated rings. The van der Waals surface area contributed by atoms with Gasteiger partial charge in [0.25, 0.3) is 0 Å². The first-order valence-corrected chi connectivity index (χ1v) is 8.55. The number of nitrogens with zero attached hydrogens (tertiary/aromatic N) is 1. The van der Waals surface area contributed by atoms with Gasteiger partial charge in [0.1, 0.15) is 0 Å². The van der Waals surface area contributed by atoms with Gasteiger partial charge in [-0.15, -0.1) is 0 Å². The van der Waals surface area contributed by atoms with E-state index in [0.29, 0.717) is 5.54 Å². The molecule has 2 aliphatic rings. The molecule has 1 heterocycles.